The Kier molecular flexibility index (Phi) is 4.80. The zero-order valence-electron chi connectivity index (χ0n) is 12.0. The molecule has 0 aliphatic carbocycles. The van der Waals surface area contributed by atoms with Gasteiger partial charge in [-0.25, -0.2) is 0 Å². The predicted octanol–water partition coefficient (Wildman–Crippen LogP) is 1.80. The van der Waals surface area contributed by atoms with Gasteiger partial charge in [0.1, 0.15) is 5.75 Å². The van der Waals surface area contributed by atoms with Crippen LogP contribution in [0, 0.1) is 0 Å². The highest BCUT2D eigenvalue weighted by Crippen LogP contribution is 2.23. The minimum Gasteiger partial charge on any atom is -0.497 e. The lowest BCUT2D eigenvalue weighted by Gasteiger charge is -2.40. The number of nitrogens with two attached hydrogens (primary N) is 1. The number of hydrogen-bond acceptors (Lipinski definition) is 4. The molecule has 0 saturated carbocycles. The molecule has 0 spiro atoms. The van der Waals surface area contributed by atoms with Crippen LogP contribution in [-0.4, -0.2) is 43.9 Å². The van der Waals surface area contributed by atoms with E-state index in [4.69, 9.17) is 15.2 Å². The van der Waals surface area contributed by atoms with Gasteiger partial charge < -0.3 is 15.2 Å². The van der Waals surface area contributed by atoms with Crippen LogP contribution in [0.25, 0.3) is 0 Å². The molecule has 2 N–H and O–H groups in total. The van der Waals surface area contributed by atoms with E-state index in [0.29, 0.717) is 12.1 Å². The Labute approximate surface area is 115 Å². The lowest BCUT2D eigenvalue weighted by molar-refractivity contribution is -0.0233. The Hall–Kier alpha value is -1.10. The number of morpholine rings is 1. The van der Waals surface area contributed by atoms with Gasteiger partial charge in [-0.2, -0.15) is 0 Å². The van der Waals surface area contributed by atoms with Crippen molar-refractivity contribution < 1.29 is 9.47 Å². The van der Waals surface area contributed by atoms with Crippen LogP contribution in [0.5, 0.6) is 5.75 Å². The summed E-state index contributed by atoms with van der Waals surface area (Å²) in [5.74, 6) is 0.864. The molecule has 3 atom stereocenters. The van der Waals surface area contributed by atoms with Gasteiger partial charge >= 0.3 is 0 Å². The van der Waals surface area contributed by atoms with Gasteiger partial charge in [0, 0.05) is 24.7 Å². The van der Waals surface area contributed by atoms with E-state index < -0.39 is 0 Å². The third kappa shape index (κ3) is 3.26. The summed E-state index contributed by atoms with van der Waals surface area (Å²) in [5, 5.41) is 0. The van der Waals surface area contributed by atoms with Crippen LogP contribution in [0.15, 0.2) is 24.3 Å². The molecule has 106 valence electrons. The molecule has 0 radical (unpaired) electrons. The minimum absolute atomic E-state index is 0.00598. The number of ether oxygens (including phenoxy) is 2. The maximum absolute atomic E-state index is 6.40. The predicted molar refractivity (Wildman–Crippen MR) is 76.4 cm³/mol. The number of methoxy groups -OCH3 is 1. The molecule has 0 bridgehead atoms. The van der Waals surface area contributed by atoms with Crippen molar-refractivity contribution in [1.82, 2.24) is 4.90 Å². The highest BCUT2D eigenvalue weighted by Gasteiger charge is 2.28. The summed E-state index contributed by atoms with van der Waals surface area (Å²) in [4.78, 5) is 2.43. The highest BCUT2D eigenvalue weighted by molar-refractivity contribution is 5.29. The van der Waals surface area contributed by atoms with Crippen molar-refractivity contribution in [2.75, 3.05) is 26.9 Å². The number of hydrogen-bond donors (Lipinski definition) is 1. The molecule has 1 aromatic carbocycles. The van der Waals surface area contributed by atoms with Gasteiger partial charge in [0.2, 0.25) is 0 Å². The van der Waals surface area contributed by atoms with Gasteiger partial charge in [0.15, 0.2) is 0 Å². The molecule has 1 heterocycles. The molecule has 3 unspecified atom stereocenters. The van der Waals surface area contributed by atoms with Gasteiger partial charge in [0.25, 0.3) is 0 Å². The Morgan fingerprint density at radius 3 is 2.63 bits per heavy atom. The first-order valence-corrected chi connectivity index (χ1v) is 6.86. The van der Waals surface area contributed by atoms with E-state index >= 15 is 0 Å². The summed E-state index contributed by atoms with van der Waals surface area (Å²) in [5.41, 5.74) is 7.55. The van der Waals surface area contributed by atoms with Crippen LogP contribution < -0.4 is 10.5 Å². The van der Waals surface area contributed by atoms with E-state index in [1.165, 1.54) is 0 Å². The topological polar surface area (TPSA) is 47.7 Å². The molecule has 1 aromatic rings. The SMILES string of the molecule is COc1ccc(C(N)C(C)N2CCOCC2C)cc1. The second-order valence-corrected chi connectivity index (χ2v) is 5.20. The molecular weight excluding hydrogens is 240 g/mol. The van der Waals surface area contributed by atoms with Crippen LogP contribution in [0.2, 0.25) is 0 Å². The zero-order valence-corrected chi connectivity index (χ0v) is 12.0. The van der Waals surface area contributed by atoms with Gasteiger partial charge in [-0.3, -0.25) is 4.90 Å². The van der Waals surface area contributed by atoms with Crippen LogP contribution >= 0.6 is 0 Å². The maximum atomic E-state index is 6.40. The normalized spacial score (nSPS) is 23.9. The number of benzene rings is 1. The molecule has 0 aromatic heterocycles. The summed E-state index contributed by atoms with van der Waals surface area (Å²) in [6, 6.07) is 8.75. The molecule has 1 aliphatic heterocycles. The quantitative estimate of drug-likeness (QED) is 0.901. The number of nitrogens with zero attached hydrogens (tertiary/aromatic N) is 1. The molecule has 4 heteroatoms. The molecular formula is C15H24N2O2. The second-order valence-electron chi connectivity index (χ2n) is 5.20. The van der Waals surface area contributed by atoms with Crippen molar-refractivity contribution >= 4 is 0 Å². The van der Waals surface area contributed by atoms with Crippen molar-refractivity contribution in [2.45, 2.75) is 32.0 Å². The molecule has 4 nitrogen and oxygen atoms in total. The van der Waals surface area contributed by atoms with Gasteiger partial charge in [-0.1, -0.05) is 12.1 Å². The first kappa shape index (κ1) is 14.3. The summed E-state index contributed by atoms with van der Waals surface area (Å²) < 4.78 is 10.7. The fraction of sp³-hybridized carbons (Fsp3) is 0.600. The molecule has 1 saturated heterocycles. The largest absolute Gasteiger partial charge is 0.497 e. The average Bonchev–Trinajstić information content (AvgIpc) is 2.46. The summed E-state index contributed by atoms with van der Waals surface area (Å²) in [7, 11) is 1.67. The average molecular weight is 264 g/mol. The van der Waals surface area contributed by atoms with Crippen LogP contribution in [0.4, 0.5) is 0 Å². The molecule has 2 rings (SSSR count). The van der Waals surface area contributed by atoms with Crippen LogP contribution in [-0.2, 0) is 4.74 Å². The summed E-state index contributed by atoms with van der Waals surface area (Å²) in [6.45, 7) is 6.92. The van der Waals surface area contributed by atoms with Crippen molar-refractivity contribution in [1.29, 1.82) is 0 Å². The Bertz CT molecular complexity index is 394. The maximum Gasteiger partial charge on any atom is 0.118 e. The van der Waals surface area contributed by atoms with Crippen LogP contribution in [0.1, 0.15) is 25.5 Å². The molecule has 1 aliphatic rings. The van der Waals surface area contributed by atoms with E-state index in [0.717, 1.165) is 31.1 Å². The Morgan fingerprint density at radius 2 is 2.05 bits per heavy atom. The fourth-order valence-electron chi connectivity index (χ4n) is 2.66. The monoisotopic (exact) mass is 264 g/mol. The summed E-state index contributed by atoms with van der Waals surface area (Å²) in [6.07, 6.45) is 0. The zero-order chi connectivity index (χ0) is 13.8. The smallest absolute Gasteiger partial charge is 0.118 e. The van der Waals surface area contributed by atoms with E-state index in [1.807, 2.05) is 24.3 Å². The lowest BCUT2D eigenvalue weighted by atomic mass is 9.98. The Morgan fingerprint density at radius 1 is 1.37 bits per heavy atom. The van der Waals surface area contributed by atoms with Gasteiger partial charge in [-0.15, -0.1) is 0 Å². The Balaban J connectivity index is 2.06. The second kappa shape index (κ2) is 6.37. The molecule has 19 heavy (non-hydrogen) atoms. The lowest BCUT2D eigenvalue weighted by Crippen LogP contribution is -2.51. The molecule has 0 amide bonds. The third-order valence-electron chi connectivity index (χ3n) is 3.96. The first-order chi connectivity index (χ1) is 9.13. The van der Waals surface area contributed by atoms with Crippen molar-refractivity contribution in [3.8, 4) is 5.75 Å². The van der Waals surface area contributed by atoms with Gasteiger partial charge in [-0.05, 0) is 31.5 Å². The first-order valence-electron chi connectivity index (χ1n) is 6.86. The number of rotatable bonds is 4. The van der Waals surface area contributed by atoms with Gasteiger partial charge in [0.05, 0.1) is 20.3 Å². The van der Waals surface area contributed by atoms with E-state index in [-0.39, 0.29) is 6.04 Å². The summed E-state index contributed by atoms with van der Waals surface area (Å²) >= 11 is 0. The molecule has 1 fully saturated rings. The van der Waals surface area contributed by atoms with Crippen LogP contribution in [0.3, 0.4) is 0 Å². The van der Waals surface area contributed by atoms with Crippen molar-refractivity contribution in [3.05, 3.63) is 29.8 Å². The van der Waals surface area contributed by atoms with E-state index in [9.17, 15) is 0 Å². The standard InChI is InChI=1S/C15H24N2O2/c1-11-10-19-9-8-17(11)12(2)15(16)13-4-6-14(18-3)7-5-13/h4-7,11-12,15H,8-10,16H2,1-3H3. The van der Waals surface area contributed by atoms with E-state index in [2.05, 4.69) is 18.7 Å². The highest BCUT2D eigenvalue weighted by atomic mass is 16.5. The van der Waals surface area contributed by atoms with Crippen molar-refractivity contribution in [3.63, 3.8) is 0 Å². The van der Waals surface area contributed by atoms with Crippen molar-refractivity contribution in [2.24, 2.45) is 5.73 Å². The third-order valence-corrected chi connectivity index (χ3v) is 3.96. The fourth-order valence-corrected chi connectivity index (χ4v) is 2.66. The van der Waals surface area contributed by atoms with E-state index in [1.54, 1.807) is 7.11 Å². The minimum atomic E-state index is 0.00598.